The first kappa shape index (κ1) is 14.3. The Morgan fingerprint density at radius 2 is 1.93 bits per heavy atom. The van der Waals surface area contributed by atoms with E-state index in [0.717, 1.165) is 24.1 Å². The molecule has 0 N–H and O–H groups in total. The first-order valence-corrected chi connectivity index (χ1v) is 6.07. The van der Waals surface area contributed by atoms with Crippen LogP contribution < -0.4 is 0 Å². The summed E-state index contributed by atoms with van der Waals surface area (Å²) in [5.41, 5.74) is 1.04. The number of hydrogen-bond acceptors (Lipinski definition) is 2. The lowest BCUT2D eigenvalue weighted by atomic mass is 9.92. The highest BCUT2D eigenvalue weighted by Gasteiger charge is 2.09. The maximum atomic E-state index is 4.54. The van der Waals surface area contributed by atoms with Crippen molar-refractivity contribution < 1.29 is 0 Å². The molecule has 0 aliphatic rings. The van der Waals surface area contributed by atoms with Gasteiger partial charge in [-0.15, -0.1) is 0 Å². The van der Waals surface area contributed by atoms with Crippen LogP contribution in [0.15, 0.2) is 9.98 Å². The molecule has 0 aromatic heterocycles. The largest absolute Gasteiger partial charge is 0.295 e. The molecule has 0 radical (unpaired) electrons. The van der Waals surface area contributed by atoms with Gasteiger partial charge in [0.25, 0.3) is 0 Å². The Balaban J connectivity index is 4.04. The quantitative estimate of drug-likeness (QED) is 0.573. The van der Waals surface area contributed by atoms with E-state index in [2.05, 4.69) is 30.8 Å². The van der Waals surface area contributed by atoms with E-state index >= 15 is 0 Å². The van der Waals surface area contributed by atoms with E-state index in [-0.39, 0.29) is 0 Å². The van der Waals surface area contributed by atoms with Crippen molar-refractivity contribution in [2.75, 3.05) is 13.6 Å². The molecule has 2 unspecified atom stereocenters. The zero-order valence-electron chi connectivity index (χ0n) is 11.0. The van der Waals surface area contributed by atoms with E-state index in [1.165, 1.54) is 19.3 Å². The molecule has 0 rings (SSSR count). The predicted octanol–water partition coefficient (Wildman–Crippen LogP) is 3.61. The van der Waals surface area contributed by atoms with Crippen LogP contribution in [0.25, 0.3) is 0 Å². The Morgan fingerprint density at radius 3 is 2.40 bits per heavy atom. The lowest BCUT2D eigenvalue weighted by Crippen LogP contribution is -2.10. The summed E-state index contributed by atoms with van der Waals surface area (Å²) in [6, 6.07) is 0. The summed E-state index contributed by atoms with van der Waals surface area (Å²) in [7, 11) is 1.79. The summed E-state index contributed by atoms with van der Waals surface area (Å²) in [5, 5.41) is 0. The van der Waals surface area contributed by atoms with Crippen molar-refractivity contribution in [3.63, 3.8) is 0 Å². The monoisotopic (exact) mass is 210 g/mol. The third-order valence-corrected chi connectivity index (χ3v) is 2.92. The highest BCUT2D eigenvalue weighted by Crippen LogP contribution is 2.18. The van der Waals surface area contributed by atoms with Crippen LogP contribution in [0.2, 0.25) is 0 Å². The smallest absolute Gasteiger partial charge is 0.0495 e. The predicted molar refractivity (Wildman–Crippen MR) is 70.2 cm³/mol. The van der Waals surface area contributed by atoms with Gasteiger partial charge in [0.1, 0.15) is 0 Å². The van der Waals surface area contributed by atoms with Gasteiger partial charge in [0.2, 0.25) is 0 Å². The summed E-state index contributed by atoms with van der Waals surface area (Å²) >= 11 is 0. The molecule has 2 atom stereocenters. The Hall–Kier alpha value is -0.660. The average molecular weight is 210 g/mol. The molecule has 0 aliphatic carbocycles. The fourth-order valence-electron chi connectivity index (χ4n) is 1.61. The third-order valence-electron chi connectivity index (χ3n) is 2.92. The highest BCUT2D eigenvalue weighted by atomic mass is 14.8. The van der Waals surface area contributed by atoms with Gasteiger partial charge < -0.3 is 0 Å². The van der Waals surface area contributed by atoms with E-state index in [0.29, 0.717) is 0 Å². The number of aliphatic imine (C=N–C) groups is 2. The van der Waals surface area contributed by atoms with Crippen molar-refractivity contribution in [2.45, 2.75) is 47.0 Å². The second-order valence-electron chi connectivity index (χ2n) is 4.39. The number of hydrogen-bond donors (Lipinski definition) is 0. The van der Waals surface area contributed by atoms with Gasteiger partial charge in [-0.05, 0) is 25.2 Å². The minimum absolute atomic E-state index is 0.736. The van der Waals surface area contributed by atoms with E-state index in [4.69, 9.17) is 0 Å². The maximum Gasteiger partial charge on any atom is 0.0495 e. The van der Waals surface area contributed by atoms with Crippen molar-refractivity contribution in [1.29, 1.82) is 0 Å². The fraction of sp³-hybridized carbons (Fsp3) is 0.846. The van der Waals surface area contributed by atoms with Crippen molar-refractivity contribution in [2.24, 2.45) is 21.8 Å². The van der Waals surface area contributed by atoms with E-state index in [1.54, 1.807) is 7.05 Å². The van der Waals surface area contributed by atoms with Crippen LogP contribution in [-0.4, -0.2) is 25.5 Å². The molecule has 2 heteroatoms. The van der Waals surface area contributed by atoms with Crippen LogP contribution in [0.5, 0.6) is 0 Å². The second kappa shape index (κ2) is 8.63. The molecule has 15 heavy (non-hydrogen) atoms. The maximum absolute atomic E-state index is 4.54. The summed E-state index contributed by atoms with van der Waals surface area (Å²) in [5.74, 6) is 1.56. The Kier molecular flexibility index (Phi) is 8.25. The Morgan fingerprint density at radius 1 is 1.27 bits per heavy atom. The normalized spacial score (nSPS) is 17.0. The third kappa shape index (κ3) is 7.29. The van der Waals surface area contributed by atoms with Gasteiger partial charge in [-0.1, -0.05) is 33.6 Å². The van der Waals surface area contributed by atoms with Gasteiger partial charge in [-0.3, -0.25) is 9.98 Å². The zero-order valence-corrected chi connectivity index (χ0v) is 11.0. The molecule has 0 aromatic rings. The molecule has 88 valence electrons. The molecule has 0 fully saturated rings. The topological polar surface area (TPSA) is 24.7 Å². The Bertz CT molecular complexity index is 207. The minimum atomic E-state index is 0.736. The SMILES string of the molecule is CCC(C)CC(CC)C/N=C(C)\C=N/C. The zero-order chi connectivity index (χ0) is 11.7. The first-order valence-electron chi connectivity index (χ1n) is 6.07. The van der Waals surface area contributed by atoms with Crippen molar-refractivity contribution in [1.82, 2.24) is 0 Å². The summed E-state index contributed by atoms with van der Waals surface area (Å²) < 4.78 is 0. The molecule has 0 spiro atoms. The average Bonchev–Trinajstić information content (AvgIpc) is 2.24. The molecule has 0 amide bonds. The van der Waals surface area contributed by atoms with Crippen LogP contribution in [0.4, 0.5) is 0 Å². The second-order valence-corrected chi connectivity index (χ2v) is 4.39. The van der Waals surface area contributed by atoms with Gasteiger partial charge in [0, 0.05) is 25.5 Å². The van der Waals surface area contributed by atoms with Crippen molar-refractivity contribution in [3.05, 3.63) is 0 Å². The van der Waals surface area contributed by atoms with Gasteiger partial charge >= 0.3 is 0 Å². The Labute approximate surface area is 94.9 Å². The van der Waals surface area contributed by atoms with E-state index < -0.39 is 0 Å². The highest BCUT2D eigenvalue weighted by molar-refractivity contribution is 6.29. The minimum Gasteiger partial charge on any atom is -0.295 e. The van der Waals surface area contributed by atoms with Gasteiger partial charge in [-0.25, -0.2) is 0 Å². The fourth-order valence-corrected chi connectivity index (χ4v) is 1.61. The van der Waals surface area contributed by atoms with Crippen molar-refractivity contribution in [3.8, 4) is 0 Å². The molecule has 0 aromatic carbocycles. The summed E-state index contributed by atoms with van der Waals surface area (Å²) in [6.45, 7) is 9.82. The molecule has 0 aliphatic heterocycles. The van der Waals surface area contributed by atoms with Crippen LogP contribution in [0.1, 0.15) is 47.0 Å². The van der Waals surface area contributed by atoms with Crippen LogP contribution in [-0.2, 0) is 0 Å². The first-order chi connectivity index (χ1) is 7.13. The molecular weight excluding hydrogens is 184 g/mol. The molecule has 0 bridgehead atoms. The molecule has 0 saturated heterocycles. The standard InChI is InChI=1S/C13H26N2/c1-6-11(3)8-13(7-2)10-15-12(4)9-14-5/h9,11,13H,6-8,10H2,1-5H3/b14-9-,15-12-. The number of rotatable bonds is 7. The lowest BCUT2D eigenvalue weighted by molar-refractivity contribution is 0.381. The lowest BCUT2D eigenvalue weighted by Gasteiger charge is -2.16. The van der Waals surface area contributed by atoms with Gasteiger partial charge in [0.15, 0.2) is 0 Å². The van der Waals surface area contributed by atoms with Gasteiger partial charge in [0.05, 0.1) is 0 Å². The summed E-state index contributed by atoms with van der Waals surface area (Å²) in [4.78, 5) is 8.50. The van der Waals surface area contributed by atoms with Gasteiger partial charge in [-0.2, -0.15) is 0 Å². The molecule has 0 saturated carbocycles. The molecule has 2 nitrogen and oxygen atoms in total. The number of nitrogens with zero attached hydrogens (tertiary/aromatic N) is 2. The molecular formula is C13H26N2. The summed E-state index contributed by atoms with van der Waals surface area (Å²) in [6.07, 6.45) is 5.63. The van der Waals surface area contributed by atoms with E-state index in [9.17, 15) is 0 Å². The van der Waals surface area contributed by atoms with E-state index in [1.807, 2.05) is 13.1 Å². The van der Waals surface area contributed by atoms with Crippen LogP contribution >= 0.6 is 0 Å². The van der Waals surface area contributed by atoms with Crippen LogP contribution in [0.3, 0.4) is 0 Å². The van der Waals surface area contributed by atoms with Crippen molar-refractivity contribution >= 4 is 11.9 Å². The molecule has 0 heterocycles. The van der Waals surface area contributed by atoms with Crippen LogP contribution in [0, 0.1) is 11.8 Å².